The first-order valence-corrected chi connectivity index (χ1v) is 7.40. The first-order valence-electron chi connectivity index (χ1n) is 5.83. The van der Waals surface area contributed by atoms with Gasteiger partial charge in [0.05, 0.1) is 5.02 Å². The normalized spacial score (nSPS) is 10.7. The van der Waals surface area contributed by atoms with Crippen molar-refractivity contribution in [1.82, 2.24) is 10.3 Å². The van der Waals surface area contributed by atoms with E-state index in [0.717, 1.165) is 22.0 Å². The quantitative estimate of drug-likeness (QED) is 0.895. The molecule has 100 valence electrons. The van der Waals surface area contributed by atoms with Gasteiger partial charge in [-0.1, -0.05) is 41.0 Å². The number of rotatable bonds is 4. The smallest absolute Gasteiger partial charge is 0.104 e. The molecule has 0 bridgehead atoms. The second-order valence-electron chi connectivity index (χ2n) is 4.17. The van der Waals surface area contributed by atoms with Crippen molar-refractivity contribution in [1.29, 1.82) is 0 Å². The lowest BCUT2D eigenvalue weighted by Crippen LogP contribution is -2.05. The number of benzene rings is 1. The van der Waals surface area contributed by atoms with Crippen LogP contribution in [0, 0.1) is 6.92 Å². The molecule has 0 aliphatic heterocycles. The third kappa shape index (κ3) is 3.86. The van der Waals surface area contributed by atoms with Crippen LogP contribution in [0.15, 0.2) is 40.4 Å². The van der Waals surface area contributed by atoms with Gasteiger partial charge in [0.15, 0.2) is 0 Å². The zero-order chi connectivity index (χ0) is 13.8. The fourth-order valence-corrected chi connectivity index (χ4v) is 3.04. The van der Waals surface area contributed by atoms with Crippen molar-refractivity contribution in [3.8, 4) is 0 Å². The predicted molar refractivity (Wildman–Crippen MR) is 82.3 cm³/mol. The number of nitrogens with one attached hydrogen (secondary N) is 1. The zero-order valence-electron chi connectivity index (χ0n) is 10.7. The summed E-state index contributed by atoms with van der Waals surface area (Å²) >= 11 is 13.7. The van der Waals surface area contributed by atoms with Crippen molar-refractivity contribution in [2.45, 2.75) is 23.4 Å². The summed E-state index contributed by atoms with van der Waals surface area (Å²) in [6.45, 7) is 2.86. The van der Waals surface area contributed by atoms with Gasteiger partial charge in [-0.2, -0.15) is 0 Å². The highest BCUT2D eigenvalue weighted by molar-refractivity contribution is 7.99. The van der Waals surface area contributed by atoms with E-state index in [4.69, 9.17) is 23.2 Å². The maximum atomic E-state index is 6.16. The summed E-state index contributed by atoms with van der Waals surface area (Å²) in [6.07, 6.45) is 1.88. The summed E-state index contributed by atoms with van der Waals surface area (Å²) in [5.74, 6) is 0. The number of aryl methyl sites for hydroxylation is 1. The molecule has 1 N–H and O–H groups in total. The molecule has 0 radical (unpaired) electrons. The molecule has 1 aromatic heterocycles. The van der Waals surface area contributed by atoms with Crippen LogP contribution in [-0.4, -0.2) is 12.0 Å². The van der Waals surface area contributed by atoms with E-state index in [1.54, 1.807) is 12.1 Å². The second kappa shape index (κ2) is 6.62. The van der Waals surface area contributed by atoms with Gasteiger partial charge in [-0.05, 0) is 43.3 Å². The Bertz CT molecular complexity index is 588. The Kier molecular flexibility index (Phi) is 5.11. The van der Waals surface area contributed by atoms with Crippen molar-refractivity contribution in [3.05, 3.63) is 51.6 Å². The molecule has 5 heteroatoms. The number of halogens is 2. The number of nitrogens with zero attached hydrogens (tertiary/aromatic N) is 1. The van der Waals surface area contributed by atoms with Crippen LogP contribution in [0.5, 0.6) is 0 Å². The Hall–Kier alpha value is -0.740. The van der Waals surface area contributed by atoms with Gasteiger partial charge >= 0.3 is 0 Å². The van der Waals surface area contributed by atoms with Gasteiger partial charge in [-0.15, -0.1) is 0 Å². The third-order valence-corrected chi connectivity index (χ3v) is 4.42. The average Bonchev–Trinajstić information content (AvgIpc) is 2.37. The topological polar surface area (TPSA) is 24.9 Å². The summed E-state index contributed by atoms with van der Waals surface area (Å²) in [7, 11) is 1.92. The van der Waals surface area contributed by atoms with E-state index in [0.29, 0.717) is 10.0 Å². The van der Waals surface area contributed by atoms with Crippen LogP contribution in [0.2, 0.25) is 10.0 Å². The van der Waals surface area contributed by atoms with E-state index in [1.165, 1.54) is 17.3 Å². The first-order chi connectivity index (χ1) is 9.10. The highest BCUT2D eigenvalue weighted by Crippen LogP contribution is 2.35. The largest absolute Gasteiger partial charge is 0.316 e. The molecule has 2 rings (SSSR count). The third-order valence-electron chi connectivity index (χ3n) is 2.57. The highest BCUT2D eigenvalue weighted by atomic mass is 35.5. The van der Waals surface area contributed by atoms with Gasteiger partial charge in [0.2, 0.25) is 0 Å². The lowest BCUT2D eigenvalue weighted by molar-refractivity contribution is 0.807. The summed E-state index contributed by atoms with van der Waals surface area (Å²) in [5.41, 5.74) is 2.30. The van der Waals surface area contributed by atoms with Crippen LogP contribution in [0.25, 0.3) is 0 Å². The molecule has 1 heterocycles. The van der Waals surface area contributed by atoms with E-state index < -0.39 is 0 Å². The summed E-state index contributed by atoms with van der Waals surface area (Å²) in [5, 5.41) is 5.43. The first kappa shape index (κ1) is 14.7. The minimum absolute atomic E-state index is 0.677. The van der Waals surface area contributed by atoms with Crippen LogP contribution < -0.4 is 5.32 Å². The van der Waals surface area contributed by atoms with Crippen LogP contribution in [0.4, 0.5) is 0 Å². The van der Waals surface area contributed by atoms with E-state index in [9.17, 15) is 0 Å². The Morgan fingerprint density at radius 3 is 2.74 bits per heavy atom. The Morgan fingerprint density at radius 1 is 1.26 bits per heavy atom. The van der Waals surface area contributed by atoms with Gasteiger partial charge < -0.3 is 5.32 Å². The predicted octanol–water partition coefficient (Wildman–Crippen LogP) is 4.57. The molecule has 19 heavy (non-hydrogen) atoms. The van der Waals surface area contributed by atoms with E-state index in [-0.39, 0.29) is 0 Å². The highest BCUT2D eigenvalue weighted by Gasteiger charge is 2.08. The van der Waals surface area contributed by atoms with Crippen molar-refractivity contribution in [2.24, 2.45) is 0 Å². The van der Waals surface area contributed by atoms with Crippen molar-refractivity contribution in [2.75, 3.05) is 7.05 Å². The number of hydrogen-bond acceptors (Lipinski definition) is 3. The van der Waals surface area contributed by atoms with Gasteiger partial charge in [0.25, 0.3) is 0 Å². The molecule has 0 unspecified atom stereocenters. The minimum atomic E-state index is 0.677. The molecule has 0 atom stereocenters. The van der Waals surface area contributed by atoms with E-state index in [2.05, 4.69) is 16.4 Å². The fraction of sp³-hybridized carbons (Fsp3) is 0.214. The Labute approximate surface area is 127 Å². The average molecular weight is 313 g/mol. The van der Waals surface area contributed by atoms with E-state index >= 15 is 0 Å². The molecule has 0 spiro atoms. The van der Waals surface area contributed by atoms with Crippen LogP contribution >= 0.6 is 35.0 Å². The van der Waals surface area contributed by atoms with Crippen molar-refractivity contribution < 1.29 is 0 Å². The second-order valence-corrected chi connectivity index (χ2v) is 6.05. The molecular formula is C14H14Cl2N2S. The van der Waals surface area contributed by atoms with Crippen LogP contribution in [-0.2, 0) is 6.54 Å². The minimum Gasteiger partial charge on any atom is -0.316 e. The molecule has 0 saturated heterocycles. The number of hydrogen-bond donors (Lipinski definition) is 1. The monoisotopic (exact) mass is 312 g/mol. The maximum Gasteiger partial charge on any atom is 0.104 e. The molecule has 2 aromatic rings. The molecule has 0 aliphatic rings. The standard InChI is InChI=1S/C14H14Cl2N2S/c1-9-5-10(7-17-2)8-18-14(9)19-13-6-11(15)3-4-12(13)16/h3-6,8,17H,7H2,1-2H3. The molecule has 0 saturated carbocycles. The molecule has 0 amide bonds. The van der Waals surface area contributed by atoms with Gasteiger partial charge in [0.1, 0.15) is 5.03 Å². The van der Waals surface area contributed by atoms with Gasteiger partial charge in [-0.25, -0.2) is 4.98 Å². The molecule has 1 aromatic carbocycles. The molecular weight excluding hydrogens is 299 g/mol. The SMILES string of the molecule is CNCc1cnc(Sc2cc(Cl)ccc2Cl)c(C)c1. The lowest BCUT2D eigenvalue weighted by Gasteiger charge is -2.08. The molecule has 0 fully saturated rings. The lowest BCUT2D eigenvalue weighted by atomic mass is 10.2. The van der Waals surface area contributed by atoms with Crippen molar-refractivity contribution in [3.63, 3.8) is 0 Å². The molecule has 0 aliphatic carbocycles. The van der Waals surface area contributed by atoms with E-state index in [1.807, 2.05) is 26.2 Å². The van der Waals surface area contributed by atoms with Crippen molar-refractivity contribution >= 4 is 35.0 Å². The maximum absolute atomic E-state index is 6.16. The Balaban J connectivity index is 2.25. The Morgan fingerprint density at radius 2 is 2.05 bits per heavy atom. The zero-order valence-corrected chi connectivity index (χ0v) is 13.0. The summed E-state index contributed by atoms with van der Waals surface area (Å²) in [6, 6.07) is 7.57. The van der Waals surface area contributed by atoms with Crippen LogP contribution in [0.1, 0.15) is 11.1 Å². The van der Waals surface area contributed by atoms with Crippen LogP contribution in [0.3, 0.4) is 0 Å². The molecule has 2 nitrogen and oxygen atoms in total. The summed E-state index contributed by atoms with van der Waals surface area (Å²) in [4.78, 5) is 5.41. The number of pyridine rings is 1. The summed E-state index contributed by atoms with van der Waals surface area (Å²) < 4.78 is 0. The number of aromatic nitrogens is 1. The van der Waals surface area contributed by atoms with Gasteiger partial charge in [0, 0.05) is 22.7 Å². The fourth-order valence-electron chi connectivity index (χ4n) is 1.69. The van der Waals surface area contributed by atoms with Gasteiger partial charge in [-0.3, -0.25) is 0 Å².